The van der Waals surface area contributed by atoms with E-state index in [9.17, 15) is 14.9 Å². The minimum Gasteiger partial charge on any atom is -0.427 e. The van der Waals surface area contributed by atoms with Crippen molar-refractivity contribution in [2.75, 3.05) is 6.61 Å². The number of nitro benzene ring substituents is 1. The van der Waals surface area contributed by atoms with E-state index in [-0.39, 0.29) is 18.3 Å². The molecule has 0 saturated carbocycles. The Hall–Kier alpha value is -1.95. The van der Waals surface area contributed by atoms with Gasteiger partial charge in [0, 0.05) is 25.2 Å². The molecule has 0 aliphatic carbocycles. The third-order valence-electron chi connectivity index (χ3n) is 3.32. The molecule has 22 heavy (non-hydrogen) atoms. The molecule has 0 bridgehead atoms. The van der Waals surface area contributed by atoms with Crippen LogP contribution >= 0.6 is 0 Å². The van der Waals surface area contributed by atoms with E-state index >= 15 is 0 Å². The number of nitrogens with zero attached hydrogens (tertiary/aromatic N) is 1. The van der Waals surface area contributed by atoms with Crippen LogP contribution < -0.4 is 4.74 Å². The molecule has 0 aromatic heterocycles. The molecule has 0 aliphatic heterocycles. The summed E-state index contributed by atoms with van der Waals surface area (Å²) >= 11 is 0. The first-order valence-electron chi connectivity index (χ1n) is 7.69. The van der Waals surface area contributed by atoms with Crippen molar-refractivity contribution in [1.82, 2.24) is 0 Å². The van der Waals surface area contributed by atoms with Gasteiger partial charge in [0.1, 0.15) is 5.75 Å². The molecule has 0 fully saturated rings. The number of nitro groups is 1. The monoisotopic (exact) mass is 309 g/mol. The predicted molar refractivity (Wildman–Crippen MR) is 82.8 cm³/mol. The van der Waals surface area contributed by atoms with Crippen LogP contribution in [0.3, 0.4) is 0 Å². The van der Waals surface area contributed by atoms with Crippen molar-refractivity contribution in [1.29, 1.82) is 0 Å². The van der Waals surface area contributed by atoms with E-state index in [1.165, 1.54) is 24.3 Å². The molecule has 0 aliphatic rings. The van der Waals surface area contributed by atoms with Crippen molar-refractivity contribution in [2.24, 2.45) is 0 Å². The zero-order valence-corrected chi connectivity index (χ0v) is 12.7. The molecule has 1 aromatic carbocycles. The second-order valence-electron chi connectivity index (χ2n) is 5.17. The van der Waals surface area contributed by atoms with E-state index in [1.807, 2.05) is 0 Å². The summed E-state index contributed by atoms with van der Waals surface area (Å²) in [6, 6.07) is 5.48. The highest BCUT2D eigenvalue weighted by molar-refractivity contribution is 5.72. The molecule has 0 heterocycles. The maximum Gasteiger partial charge on any atom is 0.311 e. The highest BCUT2D eigenvalue weighted by atomic mass is 16.6. The Bertz CT molecular complexity index is 458. The molecule has 6 nitrogen and oxygen atoms in total. The van der Waals surface area contributed by atoms with E-state index in [2.05, 4.69) is 0 Å². The lowest BCUT2D eigenvalue weighted by molar-refractivity contribution is -0.384. The molecule has 0 spiro atoms. The molecule has 0 unspecified atom stereocenters. The number of rotatable bonds is 11. The lowest BCUT2D eigenvalue weighted by atomic mass is 10.1. The number of hydrogen-bond acceptors (Lipinski definition) is 5. The van der Waals surface area contributed by atoms with Crippen LogP contribution in [0.4, 0.5) is 5.69 Å². The normalized spacial score (nSPS) is 10.4. The summed E-state index contributed by atoms with van der Waals surface area (Å²) in [6.45, 7) is 0.258. The van der Waals surface area contributed by atoms with Crippen LogP contribution in [0, 0.1) is 10.1 Å². The molecule has 0 saturated heterocycles. The molecule has 6 heteroatoms. The number of aliphatic hydroxyl groups is 1. The first-order valence-corrected chi connectivity index (χ1v) is 7.69. The fourth-order valence-electron chi connectivity index (χ4n) is 2.08. The van der Waals surface area contributed by atoms with Crippen LogP contribution in [-0.4, -0.2) is 22.6 Å². The molecule has 0 atom stereocenters. The Labute approximate surface area is 130 Å². The molecule has 1 N–H and O–H groups in total. The molecule has 0 amide bonds. The number of hydrogen-bond donors (Lipinski definition) is 1. The molecular formula is C16H23NO5. The van der Waals surface area contributed by atoms with Gasteiger partial charge in [-0.2, -0.15) is 0 Å². The summed E-state index contributed by atoms with van der Waals surface area (Å²) in [7, 11) is 0. The standard InChI is InChI=1S/C16H23NO5/c18-13-7-5-3-1-2-4-6-8-16(19)22-15-11-9-14(10-12-15)17(20)21/h9-12,18H,1-8,13H2. The number of ether oxygens (including phenoxy) is 1. The van der Waals surface area contributed by atoms with Gasteiger partial charge >= 0.3 is 5.97 Å². The summed E-state index contributed by atoms with van der Waals surface area (Å²) < 4.78 is 5.12. The zero-order chi connectivity index (χ0) is 16.2. The molecule has 1 rings (SSSR count). The van der Waals surface area contributed by atoms with E-state index < -0.39 is 4.92 Å². The summed E-state index contributed by atoms with van der Waals surface area (Å²) in [5.41, 5.74) is -0.0269. The Morgan fingerprint density at radius 2 is 1.55 bits per heavy atom. The van der Waals surface area contributed by atoms with Crippen LogP contribution in [-0.2, 0) is 4.79 Å². The van der Waals surface area contributed by atoms with Crippen molar-refractivity contribution in [3.8, 4) is 5.75 Å². The van der Waals surface area contributed by atoms with E-state index in [0.29, 0.717) is 12.2 Å². The SMILES string of the molecule is O=C(CCCCCCCCCO)Oc1ccc([N+](=O)[O-])cc1. The van der Waals surface area contributed by atoms with Gasteiger partial charge in [0.25, 0.3) is 5.69 Å². The predicted octanol–water partition coefficient (Wildman–Crippen LogP) is 3.61. The lowest BCUT2D eigenvalue weighted by Crippen LogP contribution is -2.07. The average molecular weight is 309 g/mol. The smallest absolute Gasteiger partial charge is 0.311 e. The number of carbonyl (C=O) groups is 1. The number of non-ortho nitro benzene ring substituents is 1. The maximum absolute atomic E-state index is 11.6. The van der Waals surface area contributed by atoms with Crippen LogP contribution in [0.25, 0.3) is 0 Å². The number of carbonyl (C=O) groups excluding carboxylic acids is 1. The van der Waals surface area contributed by atoms with Crippen molar-refractivity contribution in [2.45, 2.75) is 51.4 Å². The molecule has 1 aromatic rings. The van der Waals surface area contributed by atoms with Crippen molar-refractivity contribution >= 4 is 11.7 Å². The summed E-state index contributed by atoms with van der Waals surface area (Å²) in [4.78, 5) is 21.6. The van der Waals surface area contributed by atoms with Crippen LogP contribution in [0.15, 0.2) is 24.3 Å². The Morgan fingerprint density at radius 3 is 2.09 bits per heavy atom. The van der Waals surface area contributed by atoms with Gasteiger partial charge in [0.2, 0.25) is 0 Å². The number of aliphatic hydroxyl groups excluding tert-OH is 1. The number of benzene rings is 1. The number of esters is 1. The van der Waals surface area contributed by atoms with Crippen molar-refractivity contribution in [3.05, 3.63) is 34.4 Å². The maximum atomic E-state index is 11.6. The van der Waals surface area contributed by atoms with Crippen LogP contribution in [0.2, 0.25) is 0 Å². The topological polar surface area (TPSA) is 89.7 Å². The first kappa shape index (κ1) is 18.1. The van der Waals surface area contributed by atoms with Gasteiger partial charge in [0.05, 0.1) is 4.92 Å². The van der Waals surface area contributed by atoms with Gasteiger partial charge < -0.3 is 9.84 Å². The van der Waals surface area contributed by atoms with Gasteiger partial charge in [-0.25, -0.2) is 0 Å². The minimum absolute atomic E-state index is 0.0269. The fraction of sp³-hybridized carbons (Fsp3) is 0.562. The lowest BCUT2D eigenvalue weighted by Gasteiger charge is -2.04. The van der Waals surface area contributed by atoms with Gasteiger partial charge in [0.15, 0.2) is 0 Å². The van der Waals surface area contributed by atoms with Crippen LogP contribution in [0.5, 0.6) is 5.75 Å². The van der Waals surface area contributed by atoms with Crippen molar-refractivity contribution < 1.29 is 19.6 Å². The summed E-state index contributed by atoms with van der Waals surface area (Å²) in [5.74, 6) is 0.0220. The third kappa shape index (κ3) is 7.73. The van der Waals surface area contributed by atoms with Gasteiger partial charge in [-0.3, -0.25) is 14.9 Å². The zero-order valence-electron chi connectivity index (χ0n) is 12.7. The van der Waals surface area contributed by atoms with E-state index in [0.717, 1.165) is 44.9 Å². The van der Waals surface area contributed by atoms with Gasteiger partial charge in [-0.15, -0.1) is 0 Å². The largest absolute Gasteiger partial charge is 0.427 e. The van der Waals surface area contributed by atoms with Gasteiger partial charge in [-0.1, -0.05) is 32.1 Å². The molecule has 0 radical (unpaired) electrons. The highest BCUT2D eigenvalue weighted by Gasteiger charge is 2.08. The molecular weight excluding hydrogens is 286 g/mol. The Balaban J connectivity index is 2.12. The first-order chi connectivity index (χ1) is 10.6. The van der Waals surface area contributed by atoms with E-state index in [4.69, 9.17) is 9.84 Å². The minimum atomic E-state index is -0.494. The highest BCUT2D eigenvalue weighted by Crippen LogP contribution is 2.18. The second-order valence-corrected chi connectivity index (χ2v) is 5.17. The molecule has 122 valence electrons. The second kappa shape index (κ2) is 10.7. The Kier molecular flexibility index (Phi) is 8.83. The third-order valence-corrected chi connectivity index (χ3v) is 3.32. The Morgan fingerprint density at radius 1 is 1.00 bits per heavy atom. The average Bonchev–Trinajstić information content (AvgIpc) is 2.50. The van der Waals surface area contributed by atoms with Crippen molar-refractivity contribution in [3.63, 3.8) is 0 Å². The van der Waals surface area contributed by atoms with E-state index in [1.54, 1.807) is 0 Å². The summed E-state index contributed by atoms with van der Waals surface area (Å²) in [6.07, 6.45) is 7.36. The summed E-state index contributed by atoms with van der Waals surface area (Å²) in [5, 5.41) is 19.2. The number of unbranched alkanes of at least 4 members (excludes halogenated alkanes) is 6. The van der Waals surface area contributed by atoms with Gasteiger partial charge in [-0.05, 0) is 25.0 Å². The quantitative estimate of drug-likeness (QED) is 0.222. The fourth-order valence-corrected chi connectivity index (χ4v) is 2.08. The van der Waals surface area contributed by atoms with Crippen LogP contribution in [0.1, 0.15) is 51.4 Å².